The molecule has 3 nitrogen and oxygen atoms in total. The van der Waals surface area contributed by atoms with E-state index in [1.807, 2.05) is 0 Å². The lowest BCUT2D eigenvalue weighted by molar-refractivity contribution is 1.35. The number of pyridine rings is 1. The van der Waals surface area contributed by atoms with Crippen LogP contribution in [-0.2, 0) is 0 Å². The molecule has 0 spiro atoms. The molecule has 1 aromatic heterocycles. The zero-order chi connectivity index (χ0) is 6.69. The minimum atomic E-state index is 0.447. The first-order chi connectivity index (χ1) is 4.33. The van der Waals surface area contributed by atoms with Crippen molar-refractivity contribution >= 4 is 11.5 Å². The number of nitrogens with two attached hydrogens (primary N) is 1. The molecule has 0 aliphatic carbocycles. The highest BCUT2D eigenvalue weighted by molar-refractivity contribution is 5.45. The molecule has 2 N–H and O–H groups in total. The normalized spacial score (nSPS) is 8.33. The predicted octanol–water partition coefficient (Wildman–Crippen LogP) is 1.21. The van der Waals surface area contributed by atoms with E-state index in [0.29, 0.717) is 11.5 Å². The van der Waals surface area contributed by atoms with E-state index in [0.717, 1.165) is 0 Å². The van der Waals surface area contributed by atoms with Crippen LogP contribution in [0.2, 0.25) is 0 Å². The number of anilines is 1. The molecule has 0 radical (unpaired) electrons. The second-order valence-corrected chi connectivity index (χ2v) is 1.55. The molecular weight excluding hydrogens is 114 g/mol. The van der Waals surface area contributed by atoms with Crippen molar-refractivity contribution in [1.82, 2.24) is 4.98 Å². The van der Waals surface area contributed by atoms with Gasteiger partial charge in [-0.05, 0) is 6.07 Å². The van der Waals surface area contributed by atoms with Gasteiger partial charge >= 0.3 is 0 Å². The van der Waals surface area contributed by atoms with Gasteiger partial charge in [0.25, 0.3) is 0 Å². The van der Waals surface area contributed by atoms with E-state index in [2.05, 4.69) is 9.83 Å². The summed E-state index contributed by atoms with van der Waals surface area (Å²) >= 11 is 0. The standard InChI is InChI=1S/C6H5N3/c1-8-5-2-3-6(7)9-4-5/h2-4H,(H2,7,9). The van der Waals surface area contributed by atoms with Crippen LogP contribution in [0.4, 0.5) is 11.5 Å². The van der Waals surface area contributed by atoms with Gasteiger partial charge in [0.1, 0.15) is 5.82 Å². The minimum absolute atomic E-state index is 0.447. The average molecular weight is 119 g/mol. The number of nitrogen functional groups attached to an aromatic ring is 1. The molecular formula is C6H5N3. The Labute approximate surface area is 53.0 Å². The van der Waals surface area contributed by atoms with E-state index in [4.69, 9.17) is 12.3 Å². The van der Waals surface area contributed by atoms with Crippen molar-refractivity contribution in [3.63, 3.8) is 0 Å². The third-order valence-electron chi connectivity index (χ3n) is 0.900. The molecule has 0 saturated heterocycles. The fourth-order valence-corrected chi connectivity index (χ4v) is 0.464. The fraction of sp³-hybridized carbons (Fsp3) is 0. The van der Waals surface area contributed by atoms with Gasteiger partial charge in [0, 0.05) is 6.20 Å². The number of hydrogen-bond donors (Lipinski definition) is 1. The van der Waals surface area contributed by atoms with Crippen LogP contribution in [0.15, 0.2) is 18.3 Å². The van der Waals surface area contributed by atoms with E-state index in [-0.39, 0.29) is 0 Å². The molecule has 0 aliphatic rings. The van der Waals surface area contributed by atoms with Gasteiger partial charge in [0.15, 0.2) is 0 Å². The van der Waals surface area contributed by atoms with Crippen molar-refractivity contribution in [2.24, 2.45) is 0 Å². The first kappa shape index (κ1) is 5.57. The summed E-state index contributed by atoms with van der Waals surface area (Å²) in [6.07, 6.45) is 1.45. The lowest BCUT2D eigenvalue weighted by Gasteiger charge is -1.88. The summed E-state index contributed by atoms with van der Waals surface area (Å²) in [6.45, 7) is 6.56. The topological polar surface area (TPSA) is 43.3 Å². The highest BCUT2D eigenvalue weighted by Gasteiger charge is 1.87. The van der Waals surface area contributed by atoms with E-state index in [1.54, 1.807) is 12.1 Å². The molecule has 9 heavy (non-hydrogen) atoms. The van der Waals surface area contributed by atoms with Crippen LogP contribution in [0, 0.1) is 6.57 Å². The maximum absolute atomic E-state index is 6.56. The van der Waals surface area contributed by atoms with Crippen molar-refractivity contribution in [1.29, 1.82) is 0 Å². The van der Waals surface area contributed by atoms with Crippen LogP contribution in [0.1, 0.15) is 0 Å². The molecule has 3 heteroatoms. The van der Waals surface area contributed by atoms with Gasteiger partial charge in [0.05, 0.1) is 6.57 Å². The van der Waals surface area contributed by atoms with Crippen molar-refractivity contribution in [3.05, 3.63) is 29.7 Å². The highest BCUT2D eigenvalue weighted by Crippen LogP contribution is 2.09. The van der Waals surface area contributed by atoms with Gasteiger partial charge in [-0.15, -0.1) is 0 Å². The quantitative estimate of drug-likeness (QED) is 0.521. The van der Waals surface area contributed by atoms with Gasteiger partial charge in [-0.3, -0.25) is 4.98 Å². The molecule has 0 unspecified atom stereocenters. The summed E-state index contributed by atoms with van der Waals surface area (Å²) < 4.78 is 0. The van der Waals surface area contributed by atoms with Gasteiger partial charge in [-0.2, -0.15) is 0 Å². The van der Waals surface area contributed by atoms with E-state index in [1.165, 1.54) is 6.20 Å². The van der Waals surface area contributed by atoms with Crippen molar-refractivity contribution in [2.75, 3.05) is 5.73 Å². The average Bonchev–Trinajstić information content (AvgIpc) is 1.90. The summed E-state index contributed by atoms with van der Waals surface area (Å²) in [5.41, 5.74) is 5.79. The molecule has 0 aromatic carbocycles. The minimum Gasteiger partial charge on any atom is -0.384 e. The first-order valence-corrected chi connectivity index (χ1v) is 2.42. The second kappa shape index (κ2) is 2.14. The number of aromatic nitrogens is 1. The Balaban J connectivity index is 3.06. The first-order valence-electron chi connectivity index (χ1n) is 2.42. The Kier molecular flexibility index (Phi) is 1.32. The number of nitrogens with zero attached hydrogens (tertiary/aromatic N) is 2. The van der Waals surface area contributed by atoms with Gasteiger partial charge in [-0.25, -0.2) is 4.85 Å². The molecule has 0 fully saturated rings. The van der Waals surface area contributed by atoms with Crippen molar-refractivity contribution in [3.8, 4) is 0 Å². The van der Waals surface area contributed by atoms with Crippen LogP contribution < -0.4 is 5.73 Å². The molecule has 1 rings (SSSR count). The van der Waals surface area contributed by atoms with Crippen LogP contribution in [0.5, 0.6) is 0 Å². The number of rotatable bonds is 0. The van der Waals surface area contributed by atoms with E-state index < -0.39 is 0 Å². The number of hydrogen-bond acceptors (Lipinski definition) is 2. The van der Waals surface area contributed by atoms with Gasteiger partial charge in [-0.1, -0.05) is 6.07 Å². The molecule has 1 aromatic rings. The fourth-order valence-electron chi connectivity index (χ4n) is 0.464. The summed E-state index contributed by atoms with van der Waals surface area (Å²) in [5, 5.41) is 0. The van der Waals surface area contributed by atoms with Crippen LogP contribution >= 0.6 is 0 Å². The third kappa shape index (κ3) is 1.16. The maximum Gasteiger partial charge on any atom is 0.205 e. The summed E-state index contributed by atoms with van der Waals surface area (Å²) in [7, 11) is 0. The maximum atomic E-state index is 6.56. The van der Waals surface area contributed by atoms with Crippen molar-refractivity contribution < 1.29 is 0 Å². The molecule has 0 aliphatic heterocycles. The Morgan fingerprint density at radius 2 is 2.33 bits per heavy atom. The molecule has 0 saturated carbocycles. The smallest absolute Gasteiger partial charge is 0.205 e. The molecule has 0 amide bonds. The van der Waals surface area contributed by atoms with Crippen LogP contribution in [-0.4, -0.2) is 4.98 Å². The zero-order valence-electron chi connectivity index (χ0n) is 4.70. The highest BCUT2D eigenvalue weighted by atomic mass is 14.8. The van der Waals surface area contributed by atoms with Gasteiger partial charge in [0.2, 0.25) is 5.69 Å². The Hall–Kier alpha value is -1.56. The van der Waals surface area contributed by atoms with Crippen LogP contribution in [0.25, 0.3) is 4.85 Å². The lowest BCUT2D eigenvalue weighted by atomic mass is 10.4. The lowest BCUT2D eigenvalue weighted by Crippen LogP contribution is -1.85. The zero-order valence-corrected chi connectivity index (χ0v) is 4.70. The predicted molar refractivity (Wildman–Crippen MR) is 34.9 cm³/mol. The molecule has 0 atom stereocenters. The van der Waals surface area contributed by atoms with E-state index >= 15 is 0 Å². The Morgan fingerprint density at radius 3 is 2.78 bits per heavy atom. The third-order valence-corrected chi connectivity index (χ3v) is 0.900. The summed E-state index contributed by atoms with van der Waals surface area (Å²) in [4.78, 5) is 6.86. The SMILES string of the molecule is [C-]#[N+]c1ccc(N)nc1. The van der Waals surface area contributed by atoms with Crippen molar-refractivity contribution in [2.45, 2.75) is 0 Å². The molecule has 1 heterocycles. The van der Waals surface area contributed by atoms with E-state index in [9.17, 15) is 0 Å². The second-order valence-electron chi connectivity index (χ2n) is 1.55. The largest absolute Gasteiger partial charge is 0.384 e. The summed E-state index contributed by atoms with van der Waals surface area (Å²) in [5.74, 6) is 0.447. The molecule has 0 bridgehead atoms. The Bertz CT molecular complexity index is 231. The monoisotopic (exact) mass is 119 g/mol. The molecule has 44 valence electrons. The Morgan fingerprint density at radius 1 is 1.56 bits per heavy atom. The summed E-state index contributed by atoms with van der Waals surface area (Å²) in [6, 6.07) is 3.24. The van der Waals surface area contributed by atoms with Crippen LogP contribution in [0.3, 0.4) is 0 Å². The van der Waals surface area contributed by atoms with Gasteiger partial charge < -0.3 is 5.73 Å².